The lowest BCUT2D eigenvalue weighted by molar-refractivity contribution is -0.692. The van der Waals surface area contributed by atoms with Crippen molar-refractivity contribution in [3.63, 3.8) is 0 Å². The highest BCUT2D eigenvalue weighted by Crippen LogP contribution is 2.67. The molecule has 1 aromatic carbocycles. The second-order valence-electron chi connectivity index (χ2n) is 17.9. The summed E-state index contributed by atoms with van der Waals surface area (Å²) in [5, 5.41) is 0. The van der Waals surface area contributed by atoms with Gasteiger partial charge in [0.2, 0.25) is 0 Å². The number of rotatable bonds is 10. The summed E-state index contributed by atoms with van der Waals surface area (Å²) in [6.45, 7) is 13.9. The second-order valence-corrected chi connectivity index (χ2v) is 17.9. The van der Waals surface area contributed by atoms with E-state index in [4.69, 9.17) is 9.47 Å². The molecular formula is C44H65N2O3+. The van der Waals surface area contributed by atoms with Crippen molar-refractivity contribution >= 4 is 5.97 Å². The minimum Gasteiger partial charge on any atom is -0.497 e. The number of hydrogen-bond acceptors (Lipinski definition) is 3. The Balaban J connectivity index is 1.00. The van der Waals surface area contributed by atoms with E-state index in [-0.39, 0.29) is 17.5 Å². The van der Waals surface area contributed by atoms with Crippen molar-refractivity contribution in [3.8, 4) is 17.0 Å². The summed E-state index contributed by atoms with van der Waals surface area (Å²) in [5.74, 6) is 7.12. The van der Waals surface area contributed by atoms with Gasteiger partial charge >= 0.3 is 5.97 Å². The minimum absolute atomic E-state index is 0.00246. The van der Waals surface area contributed by atoms with Crippen molar-refractivity contribution < 1.29 is 18.8 Å². The van der Waals surface area contributed by atoms with Crippen LogP contribution in [0.25, 0.3) is 11.3 Å². The smallest absolute Gasteiger partial charge is 0.348 e. The van der Waals surface area contributed by atoms with Gasteiger partial charge < -0.3 is 9.47 Å². The third kappa shape index (κ3) is 6.66. The normalized spacial score (nSPS) is 33.0. The van der Waals surface area contributed by atoms with Crippen LogP contribution < -0.4 is 9.30 Å². The molecule has 5 heteroatoms. The van der Waals surface area contributed by atoms with Gasteiger partial charge in [-0.3, -0.25) is 0 Å². The molecule has 7 rings (SSSR count). The van der Waals surface area contributed by atoms with E-state index in [1.54, 1.807) is 12.7 Å². The number of benzene rings is 1. The van der Waals surface area contributed by atoms with Gasteiger partial charge in [0.1, 0.15) is 18.1 Å². The Hall–Kier alpha value is -2.56. The third-order valence-electron chi connectivity index (χ3n) is 14.7. The Morgan fingerprint density at radius 1 is 0.980 bits per heavy atom. The number of aromatic nitrogens is 2. The Morgan fingerprint density at radius 2 is 1.80 bits per heavy atom. The topological polar surface area (TPSA) is 44.3 Å². The summed E-state index contributed by atoms with van der Waals surface area (Å²) in [4.78, 5) is 13.6. The maximum atomic E-state index is 13.6. The summed E-state index contributed by atoms with van der Waals surface area (Å²) in [5.41, 5.74) is 4.74. The van der Waals surface area contributed by atoms with Crippen molar-refractivity contribution in [3.05, 3.63) is 47.9 Å². The number of methoxy groups -OCH3 is 1. The van der Waals surface area contributed by atoms with Gasteiger partial charge in [-0.2, -0.15) is 0 Å². The molecule has 0 amide bonds. The van der Waals surface area contributed by atoms with Crippen LogP contribution in [0.1, 0.15) is 130 Å². The molecule has 5 aliphatic rings. The molecule has 49 heavy (non-hydrogen) atoms. The summed E-state index contributed by atoms with van der Waals surface area (Å²) >= 11 is 0. The molecule has 0 radical (unpaired) electrons. The number of imidazole rings is 1. The molecule has 0 unspecified atom stereocenters. The predicted molar refractivity (Wildman–Crippen MR) is 197 cm³/mol. The van der Waals surface area contributed by atoms with Crippen LogP contribution in [0.3, 0.4) is 0 Å². The van der Waals surface area contributed by atoms with Gasteiger partial charge in [0, 0.05) is 18.4 Å². The van der Waals surface area contributed by atoms with Crippen LogP contribution in [0.5, 0.6) is 5.75 Å². The average Bonchev–Trinajstić information content (AvgIpc) is 3.50. The summed E-state index contributed by atoms with van der Waals surface area (Å²) in [6.07, 6.45) is 23.6. The van der Waals surface area contributed by atoms with Gasteiger partial charge in [0.15, 0.2) is 12.2 Å². The number of hydrogen-bond donors (Lipinski definition) is 0. The molecule has 1 aliphatic heterocycles. The number of nitrogens with zero attached hydrogens (tertiary/aromatic N) is 2. The van der Waals surface area contributed by atoms with E-state index in [1.807, 2.05) is 12.1 Å². The Bertz CT molecular complexity index is 1500. The number of fused-ring (bicyclic) bond motifs is 6. The van der Waals surface area contributed by atoms with Crippen LogP contribution in [0.4, 0.5) is 0 Å². The first kappa shape index (κ1) is 34.9. The molecule has 0 bridgehead atoms. The van der Waals surface area contributed by atoms with Gasteiger partial charge in [-0.05, 0) is 135 Å². The van der Waals surface area contributed by atoms with E-state index in [0.717, 1.165) is 85.5 Å². The van der Waals surface area contributed by atoms with Gasteiger partial charge in [-0.1, -0.05) is 65.5 Å². The number of carbonyl (C=O) groups excluding carboxylic acids is 1. The molecular weight excluding hydrogens is 604 g/mol. The van der Waals surface area contributed by atoms with Crippen LogP contribution in [-0.4, -0.2) is 23.8 Å². The maximum absolute atomic E-state index is 13.6. The first-order chi connectivity index (χ1) is 23.6. The highest BCUT2D eigenvalue weighted by atomic mass is 16.5. The maximum Gasteiger partial charge on any atom is 0.348 e. The van der Waals surface area contributed by atoms with E-state index in [0.29, 0.717) is 12.0 Å². The molecule has 1 aromatic heterocycles. The van der Waals surface area contributed by atoms with E-state index < -0.39 is 0 Å². The summed E-state index contributed by atoms with van der Waals surface area (Å²) < 4.78 is 16.4. The highest BCUT2D eigenvalue weighted by molar-refractivity contribution is 5.68. The minimum atomic E-state index is -0.0836. The first-order valence-electron chi connectivity index (χ1n) is 20.3. The molecule has 268 valence electrons. The van der Waals surface area contributed by atoms with E-state index in [2.05, 4.69) is 68.2 Å². The van der Waals surface area contributed by atoms with Crippen LogP contribution in [0.2, 0.25) is 0 Å². The zero-order valence-corrected chi connectivity index (χ0v) is 31.6. The molecule has 8 atom stereocenters. The van der Waals surface area contributed by atoms with Gasteiger partial charge in [-0.15, -0.1) is 0 Å². The van der Waals surface area contributed by atoms with E-state index in [1.165, 1.54) is 75.7 Å². The molecule has 2 aromatic rings. The van der Waals surface area contributed by atoms with Crippen molar-refractivity contribution in [1.82, 2.24) is 4.57 Å². The molecule has 2 heterocycles. The number of carbonyl (C=O) groups is 1. The molecule has 5 nitrogen and oxygen atoms in total. The molecule has 3 saturated carbocycles. The van der Waals surface area contributed by atoms with Crippen molar-refractivity contribution in [2.45, 2.75) is 150 Å². The van der Waals surface area contributed by atoms with Crippen molar-refractivity contribution in [1.29, 1.82) is 0 Å². The monoisotopic (exact) mass is 669 g/mol. The zero-order valence-electron chi connectivity index (χ0n) is 31.6. The van der Waals surface area contributed by atoms with E-state index in [9.17, 15) is 4.79 Å². The summed E-state index contributed by atoms with van der Waals surface area (Å²) in [7, 11) is 1.71. The van der Waals surface area contributed by atoms with Crippen LogP contribution in [0.15, 0.2) is 42.1 Å². The quantitative estimate of drug-likeness (QED) is 0.144. The van der Waals surface area contributed by atoms with Gasteiger partial charge in [0.25, 0.3) is 5.82 Å². The third-order valence-corrected chi connectivity index (χ3v) is 14.7. The lowest BCUT2D eigenvalue weighted by Crippen LogP contribution is -2.51. The Labute approximate surface area is 297 Å². The highest BCUT2D eigenvalue weighted by Gasteiger charge is 2.59. The van der Waals surface area contributed by atoms with E-state index >= 15 is 0 Å². The van der Waals surface area contributed by atoms with Crippen molar-refractivity contribution in [2.24, 2.45) is 46.3 Å². The number of allylic oxidation sites excluding steroid dienone is 1. The van der Waals surface area contributed by atoms with Gasteiger partial charge in [0.05, 0.1) is 13.7 Å². The lowest BCUT2D eigenvalue weighted by atomic mass is 9.47. The Kier molecular flexibility index (Phi) is 10.1. The molecule has 3 fully saturated rings. The van der Waals surface area contributed by atoms with Crippen LogP contribution in [-0.2, 0) is 29.0 Å². The fraction of sp³-hybridized carbons (Fsp3) is 0.727. The fourth-order valence-electron chi connectivity index (χ4n) is 12.1. The number of esters is 1. The van der Waals surface area contributed by atoms with Crippen LogP contribution in [0, 0.1) is 46.3 Å². The number of ether oxygens (including phenoxy) is 2. The molecule has 4 aliphatic carbocycles. The lowest BCUT2D eigenvalue weighted by Gasteiger charge is -2.58. The molecule has 0 N–H and O–H groups in total. The molecule has 0 spiro atoms. The second kappa shape index (κ2) is 14.2. The molecule has 0 saturated heterocycles. The summed E-state index contributed by atoms with van der Waals surface area (Å²) in [6, 6.07) is 8.31. The SMILES string of the molecule is COc1ccc(-c2c[n+](CC(=O)O[C@H]3CC[C@@]4(C)C(=CC[C@H]5[C@@H]6CC[C@H]([C@@H](C)CCCC(C)C)[C@@]6(C)CC[C@@H]54)C3)c3n2CCCCC3)cc1. The van der Waals surface area contributed by atoms with Crippen LogP contribution >= 0.6 is 0 Å². The largest absolute Gasteiger partial charge is 0.497 e. The zero-order chi connectivity index (χ0) is 34.3. The average molecular weight is 670 g/mol. The Morgan fingerprint density at radius 3 is 2.57 bits per heavy atom. The first-order valence-corrected chi connectivity index (χ1v) is 20.3. The van der Waals surface area contributed by atoms with Gasteiger partial charge in [-0.25, -0.2) is 13.9 Å². The standard InChI is InChI=1S/C44H65N2O3/c1-30(2)11-10-12-31(3)37-20-21-38-36-19-16-33-27-35(22-24-43(33,4)39(36)23-25-44(37,38)5)49-42(47)29-45-28-40(32-14-17-34(48-6)18-15-32)46-26-9-7-8-13-41(45)46/h14-18,28,30-31,35-39H,7-13,19-27,29H2,1-6H3/q+1/t31-,35-,36-,37+,38-,39-,43-,44+/m0/s1. The van der Waals surface area contributed by atoms with Crippen molar-refractivity contribution in [2.75, 3.05) is 7.11 Å². The fourth-order valence-corrected chi connectivity index (χ4v) is 12.1. The predicted octanol–water partition coefficient (Wildman–Crippen LogP) is 10.1.